The maximum atomic E-state index is 13.0. The zero-order chi connectivity index (χ0) is 20.9. The van der Waals surface area contributed by atoms with Crippen LogP contribution < -0.4 is 5.32 Å². The third-order valence-corrected chi connectivity index (χ3v) is 6.29. The monoisotopic (exact) mass is 418 g/mol. The minimum Gasteiger partial charge on any atom is -0.355 e. The number of fused-ring (bicyclic) bond motifs is 1. The summed E-state index contributed by atoms with van der Waals surface area (Å²) in [5.41, 5.74) is 3.17. The normalized spacial score (nSPS) is 11.0. The van der Waals surface area contributed by atoms with Crippen LogP contribution in [0.25, 0.3) is 10.8 Å². The average Bonchev–Trinajstić information content (AvgIpc) is 3.08. The Morgan fingerprint density at radius 2 is 1.80 bits per heavy atom. The first-order valence-electron chi connectivity index (χ1n) is 10.0. The highest BCUT2D eigenvalue weighted by Crippen LogP contribution is 2.25. The highest BCUT2D eigenvalue weighted by atomic mass is 32.1. The fraction of sp³-hybridized carbons (Fsp3) is 0.200. The molecular formula is C25H23FN2OS. The molecule has 0 fully saturated rings. The number of benzene rings is 3. The van der Waals surface area contributed by atoms with Gasteiger partial charge in [-0.15, -0.1) is 11.3 Å². The lowest BCUT2D eigenvalue weighted by Crippen LogP contribution is -2.27. The Morgan fingerprint density at radius 1 is 1.03 bits per heavy atom. The first-order valence-corrected chi connectivity index (χ1v) is 10.8. The molecule has 152 valence electrons. The summed E-state index contributed by atoms with van der Waals surface area (Å²) >= 11 is 1.61. The van der Waals surface area contributed by atoms with Crippen LogP contribution >= 0.6 is 11.3 Å². The molecule has 1 heterocycles. The molecule has 0 radical (unpaired) electrons. The van der Waals surface area contributed by atoms with Crippen molar-refractivity contribution >= 4 is 28.0 Å². The number of hydrogen-bond donors (Lipinski definition) is 1. The van der Waals surface area contributed by atoms with Crippen molar-refractivity contribution in [3.8, 4) is 0 Å². The van der Waals surface area contributed by atoms with E-state index in [9.17, 15) is 9.18 Å². The van der Waals surface area contributed by atoms with Crippen LogP contribution in [0, 0.1) is 12.7 Å². The number of carbonyl (C=O) groups excluding carboxylic acids is 1. The summed E-state index contributed by atoms with van der Waals surface area (Å²) in [6.07, 6.45) is 1.78. The number of aromatic nitrogens is 1. The molecule has 0 bridgehead atoms. The van der Waals surface area contributed by atoms with Gasteiger partial charge in [-0.1, -0.05) is 54.6 Å². The van der Waals surface area contributed by atoms with Crippen LogP contribution in [-0.2, 0) is 24.1 Å². The van der Waals surface area contributed by atoms with E-state index in [0.29, 0.717) is 19.4 Å². The van der Waals surface area contributed by atoms with E-state index >= 15 is 0 Å². The predicted molar refractivity (Wildman–Crippen MR) is 120 cm³/mol. The molecule has 5 heteroatoms. The molecule has 0 atom stereocenters. The van der Waals surface area contributed by atoms with Gasteiger partial charge in [0.15, 0.2) is 0 Å². The molecule has 4 aromatic rings. The van der Waals surface area contributed by atoms with Crippen molar-refractivity contribution in [1.82, 2.24) is 10.3 Å². The third-order valence-electron chi connectivity index (χ3n) is 5.13. The van der Waals surface area contributed by atoms with Crippen LogP contribution in [0.2, 0.25) is 0 Å². The Labute approximate surface area is 179 Å². The summed E-state index contributed by atoms with van der Waals surface area (Å²) in [6, 6.07) is 21.1. The molecule has 0 aliphatic heterocycles. The minimum absolute atomic E-state index is 0.0134. The van der Waals surface area contributed by atoms with Crippen LogP contribution in [0.15, 0.2) is 66.7 Å². The van der Waals surface area contributed by atoms with E-state index in [1.54, 1.807) is 23.5 Å². The highest BCUT2D eigenvalue weighted by Gasteiger charge is 2.13. The lowest BCUT2D eigenvalue weighted by molar-refractivity contribution is -0.120. The molecule has 0 spiro atoms. The summed E-state index contributed by atoms with van der Waals surface area (Å²) in [4.78, 5) is 18.1. The molecule has 0 saturated carbocycles. The molecule has 4 rings (SSSR count). The van der Waals surface area contributed by atoms with E-state index in [0.717, 1.165) is 27.6 Å². The zero-order valence-corrected chi connectivity index (χ0v) is 17.6. The number of halogens is 1. The van der Waals surface area contributed by atoms with Crippen molar-refractivity contribution in [1.29, 1.82) is 0 Å². The fourth-order valence-electron chi connectivity index (χ4n) is 3.54. The van der Waals surface area contributed by atoms with Gasteiger partial charge in [0.25, 0.3) is 0 Å². The molecule has 0 unspecified atom stereocenters. The molecule has 0 aliphatic carbocycles. The number of rotatable bonds is 7. The molecule has 3 nitrogen and oxygen atoms in total. The second kappa shape index (κ2) is 9.18. The third kappa shape index (κ3) is 4.92. The van der Waals surface area contributed by atoms with Gasteiger partial charge in [0.1, 0.15) is 5.82 Å². The van der Waals surface area contributed by atoms with E-state index in [2.05, 4.69) is 41.7 Å². The average molecular weight is 419 g/mol. The second-order valence-electron chi connectivity index (χ2n) is 7.33. The number of nitrogens with zero attached hydrogens (tertiary/aromatic N) is 1. The molecule has 1 amide bonds. The Kier molecular flexibility index (Phi) is 6.19. The van der Waals surface area contributed by atoms with Crippen molar-refractivity contribution in [3.63, 3.8) is 0 Å². The van der Waals surface area contributed by atoms with Crippen molar-refractivity contribution in [2.45, 2.75) is 26.2 Å². The fourth-order valence-corrected chi connectivity index (χ4v) is 4.63. The smallest absolute Gasteiger partial charge is 0.225 e. The molecule has 3 aromatic carbocycles. The molecule has 30 heavy (non-hydrogen) atoms. The van der Waals surface area contributed by atoms with Gasteiger partial charge in [-0.3, -0.25) is 4.79 Å². The van der Waals surface area contributed by atoms with Gasteiger partial charge in [0.05, 0.1) is 17.1 Å². The Bertz CT molecular complexity index is 1160. The SMILES string of the molecule is Cc1nc(Cc2cccc3ccccc23)sc1CC(=O)NCCc1ccc(F)cc1. The van der Waals surface area contributed by atoms with E-state index in [1.807, 2.05) is 13.0 Å². The van der Waals surface area contributed by atoms with E-state index < -0.39 is 0 Å². The van der Waals surface area contributed by atoms with E-state index in [4.69, 9.17) is 4.98 Å². The Morgan fingerprint density at radius 3 is 2.63 bits per heavy atom. The van der Waals surface area contributed by atoms with Gasteiger partial charge in [-0.25, -0.2) is 9.37 Å². The van der Waals surface area contributed by atoms with Crippen LogP contribution in [0.1, 0.15) is 26.7 Å². The zero-order valence-electron chi connectivity index (χ0n) is 16.8. The quantitative estimate of drug-likeness (QED) is 0.446. The topological polar surface area (TPSA) is 42.0 Å². The number of nitrogens with one attached hydrogen (secondary N) is 1. The number of hydrogen-bond acceptors (Lipinski definition) is 3. The van der Waals surface area contributed by atoms with Crippen molar-refractivity contribution < 1.29 is 9.18 Å². The Balaban J connectivity index is 1.36. The van der Waals surface area contributed by atoms with E-state index in [1.165, 1.54) is 28.5 Å². The summed E-state index contributed by atoms with van der Waals surface area (Å²) in [5, 5.41) is 6.45. The minimum atomic E-state index is -0.247. The lowest BCUT2D eigenvalue weighted by Gasteiger charge is -2.05. The van der Waals surface area contributed by atoms with Crippen LogP contribution in [0.5, 0.6) is 0 Å². The van der Waals surface area contributed by atoms with E-state index in [-0.39, 0.29) is 11.7 Å². The number of amides is 1. The first-order chi connectivity index (χ1) is 14.6. The summed E-state index contributed by atoms with van der Waals surface area (Å²) in [6.45, 7) is 2.50. The molecule has 0 aliphatic rings. The molecule has 0 saturated heterocycles. The van der Waals surface area contributed by atoms with Gasteiger partial charge in [-0.2, -0.15) is 0 Å². The summed E-state index contributed by atoms with van der Waals surface area (Å²) in [5.74, 6) is -0.261. The summed E-state index contributed by atoms with van der Waals surface area (Å²) in [7, 11) is 0. The van der Waals surface area contributed by atoms with Crippen molar-refractivity contribution in [3.05, 3.63) is 99.3 Å². The number of carbonyl (C=O) groups is 1. The first kappa shape index (κ1) is 20.2. The van der Waals surface area contributed by atoms with Gasteiger partial charge in [-0.05, 0) is 47.4 Å². The largest absolute Gasteiger partial charge is 0.355 e. The van der Waals surface area contributed by atoms with Gasteiger partial charge >= 0.3 is 0 Å². The second-order valence-corrected chi connectivity index (χ2v) is 8.50. The van der Waals surface area contributed by atoms with Crippen molar-refractivity contribution in [2.75, 3.05) is 6.54 Å². The van der Waals surface area contributed by atoms with Crippen molar-refractivity contribution in [2.24, 2.45) is 0 Å². The lowest BCUT2D eigenvalue weighted by atomic mass is 10.0. The van der Waals surface area contributed by atoms with Crippen LogP contribution in [0.3, 0.4) is 0 Å². The highest BCUT2D eigenvalue weighted by molar-refractivity contribution is 7.11. The van der Waals surface area contributed by atoms with Crippen LogP contribution in [-0.4, -0.2) is 17.4 Å². The van der Waals surface area contributed by atoms with Gasteiger partial charge in [0, 0.05) is 17.8 Å². The number of thiazole rings is 1. The molecular weight excluding hydrogens is 395 g/mol. The Hall–Kier alpha value is -3.05. The van der Waals surface area contributed by atoms with Crippen LogP contribution in [0.4, 0.5) is 4.39 Å². The predicted octanol–water partition coefficient (Wildman–Crippen LogP) is 5.24. The van der Waals surface area contributed by atoms with Gasteiger partial charge in [0.2, 0.25) is 5.91 Å². The molecule has 1 aromatic heterocycles. The summed E-state index contributed by atoms with van der Waals surface area (Å²) < 4.78 is 13.0. The maximum Gasteiger partial charge on any atom is 0.225 e. The number of aryl methyl sites for hydroxylation is 1. The van der Waals surface area contributed by atoms with Gasteiger partial charge < -0.3 is 5.32 Å². The molecule has 1 N–H and O–H groups in total. The standard InChI is InChI=1S/C25H23FN2OS/c1-17-23(16-24(29)27-14-13-18-9-11-21(26)12-10-18)30-25(28-17)15-20-7-4-6-19-5-2-3-8-22(19)20/h2-12H,13-16H2,1H3,(H,27,29). The maximum absolute atomic E-state index is 13.0.